The first-order valence-electron chi connectivity index (χ1n) is 11.5. The van der Waals surface area contributed by atoms with Crippen LogP contribution in [0.25, 0.3) is 0 Å². The number of amides is 5. The highest BCUT2D eigenvalue weighted by atomic mass is 16.5. The molecule has 0 bridgehead atoms. The quantitative estimate of drug-likeness (QED) is 0.375. The number of nitrogens with zero attached hydrogens (tertiary/aromatic N) is 2. The van der Waals surface area contributed by atoms with Gasteiger partial charge in [-0.05, 0) is 56.8 Å². The minimum Gasteiger partial charge on any atom is -0.494 e. The molecule has 1 unspecified atom stereocenters. The van der Waals surface area contributed by atoms with Crippen LogP contribution in [0.4, 0.5) is 4.79 Å². The number of carbonyl (C=O) groups excluding carboxylic acids is 4. The SMILES string of the molecule is O=C(O)NC1CCN(CCCCOc2ccc3c(c2)C(=O)N(C2CCC(=O)NC2=O)C3=O)CC1. The van der Waals surface area contributed by atoms with Crippen LogP contribution in [0, 0.1) is 0 Å². The van der Waals surface area contributed by atoms with Crippen LogP contribution in [0.1, 0.15) is 59.2 Å². The summed E-state index contributed by atoms with van der Waals surface area (Å²) < 4.78 is 5.78. The number of carboxylic acid groups (broad SMARTS) is 1. The summed E-state index contributed by atoms with van der Waals surface area (Å²) in [5.41, 5.74) is 0.424. The van der Waals surface area contributed by atoms with Crippen molar-refractivity contribution in [2.45, 2.75) is 50.6 Å². The Balaban J connectivity index is 1.23. The molecule has 1 atom stereocenters. The van der Waals surface area contributed by atoms with Gasteiger partial charge in [0, 0.05) is 25.6 Å². The van der Waals surface area contributed by atoms with Gasteiger partial charge in [0.25, 0.3) is 11.8 Å². The molecule has 11 nitrogen and oxygen atoms in total. The summed E-state index contributed by atoms with van der Waals surface area (Å²) in [5.74, 6) is -1.66. The van der Waals surface area contributed by atoms with Gasteiger partial charge in [-0.2, -0.15) is 0 Å². The molecule has 2 fully saturated rings. The molecule has 2 saturated heterocycles. The van der Waals surface area contributed by atoms with E-state index < -0.39 is 35.8 Å². The Hall–Kier alpha value is -3.47. The molecule has 3 aliphatic heterocycles. The van der Waals surface area contributed by atoms with Crippen LogP contribution in [0.3, 0.4) is 0 Å². The van der Waals surface area contributed by atoms with Crippen LogP contribution in [-0.4, -0.2) is 83.0 Å². The Kier molecular flexibility index (Phi) is 7.11. The molecule has 0 aromatic heterocycles. The van der Waals surface area contributed by atoms with E-state index in [1.165, 1.54) is 12.1 Å². The topological polar surface area (TPSA) is 145 Å². The van der Waals surface area contributed by atoms with Crippen molar-refractivity contribution in [2.75, 3.05) is 26.2 Å². The Morgan fingerprint density at radius 1 is 1.06 bits per heavy atom. The summed E-state index contributed by atoms with van der Waals surface area (Å²) in [4.78, 5) is 63.1. The van der Waals surface area contributed by atoms with Gasteiger partial charge in [0.15, 0.2) is 0 Å². The van der Waals surface area contributed by atoms with E-state index in [9.17, 15) is 24.0 Å². The summed E-state index contributed by atoms with van der Waals surface area (Å²) in [6, 6.07) is 3.74. The van der Waals surface area contributed by atoms with Gasteiger partial charge in [-0.15, -0.1) is 0 Å². The van der Waals surface area contributed by atoms with E-state index in [0.717, 1.165) is 50.2 Å². The second-order valence-corrected chi connectivity index (χ2v) is 8.78. The van der Waals surface area contributed by atoms with E-state index in [0.29, 0.717) is 12.4 Å². The van der Waals surface area contributed by atoms with Gasteiger partial charge in [-0.1, -0.05) is 0 Å². The maximum absolute atomic E-state index is 12.9. The van der Waals surface area contributed by atoms with E-state index >= 15 is 0 Å². The lowest BCUT2D eigenvalue weighted by Crippen LogP contribution is -2.54. The van der Waals surface area contributed by atoms with Crippen molar-refractivity contribution in [1.82, 2.24) is 20.4 Å². The van der Waals surface area contributed by atoms with Crippen molar-refractivity contribution in [3.05, 3.63) is 29.3 Å². The monoisotopic (exact) mass is 472 g/mol. The first kappa shape index (κ1) is 23.7. The molecule has 1 aromatic carbocycles. The predicted octanol–water partition coefficient (Wildman–Crippen LogP) is 0.979. The van der Waals surface area contributed by atoms with Gasteiger partial charge >= 0.3 is 6.09 Å². The predicted molar refractivity (Wildman–Crippen MR) is 118 cm³/mol. The normalized spacial score (nSPS) is 21.4. The number of likely N-dealkylation sites (tertiary alicyclic amines) is 1. The maximum atomic E-state index is 12.9. The number of benzene rings is 1. The number of piperidine rings is 2. The van der Waals surface area contributed by atoms with Gasteiger partial charge in [0.05, 0.1) is 17.7 Å². The standard InChI is InChI=1S/C23H28N4O7/c28-19-6-5-18(20(29)25-19)27-21(30)16-4-3-15(13-17(16)22(27)31)34-12-2-1-9-26-10-7-14(8-11-26)24-23(32)33/h3-4,13-14,18,24H,1-2,5-12H2,(H,32,33)(H,25,28,29). The third kappa shape index (κ3) is 5.19. The summed E-state index contributed by atoms with van der Waals surface area (Å²) in [6.07, 6.45) is 2.56. The molecule has 3 aliphatic rings. The molecule has 0 spiro atoms. The highest BCUT2D eigenvalue weighted by Gasteiger charge is 2.44. The Morgan fingerprint density at radius 2 is 1.79 bits per heavy atom. The highest BCUT2D eigenvalue weighted by Crippen LogP contribution is 2.30. The second kappa shape index (κ2) is 10.2. The summed E-state index contributed by atoms with van der Waals surface area (Å²) in [7, 11) is 0. The molecule has 0 aliphatic carbocycles. The lowest BCUT2D eigenvalue weighted by atomic mass is 10.0. The van der Waals surface area contributed by atoms with Crippen LogP contribution in [-0.2, 0) is 9.59 Å². The minimum absolute atomic E-state index is 0.0254. The number of fused-ring (bicyclic) bond motifs is 1. The fourth-order valence-corrected chi connectivity index (χ4v) is 4.64. The largest absolute Gasteiger partial charge is 0.494 e. The number of hydrogen-bond acceptors (Lipinski definition) is 7. The fraction of sp³-hybridized carbons (Fsp3) is 0.522. The number of imide groups is 2. The van der Waals surface area contributed by atoms with Crippen LogP contribution in [0.2, 0.25) is 0 Å². The third-order valence-corrected chi connectivity index (χ3v) is 6.46. The molecular weight excluding hydrogens is 444 g/mol. The summed E-state index contributed by atoms with van der Waals surface area (Å²) in [6.45, 7) is 3.07. The molecule has 34 heavy (non-hydrogen) atoms. The van der Waals surface area contributed by atoms with E-state index in [1.807, 2.05) is 0 Å². The molecule has 0 radical (unpaired) electrons. The van der Waals surface area contributed by atoms with Crippen LogP contribution in [0.15, 0.2) is 18.2 Å². The number of nitrogens with one attached hydrogen (secondary N) is 2. The van der Waals surface area contributed by atoms with Crippen LogP contribution >= 0.6 is 0 Å². The number of rotatable bonds is 8. The van der Waals surface area contributed by atoms with Gasteiger partial charge < -0.3 is 20.1 Å². The van der Waals surface area contributed by atoms with E-state index in [2.05, 4.69) is 15.5 Å². The summed E-state index contributed by atoms with van der Waals surface area (Å²) in [5, 5.41) is 13.5. The summed E-state index contributed by atoms with van der Waals surface area (Å²) >= 11 is 0. The number of unbranched alkanes of at least 4 members (excludes halogenated alkanes) is 1. The smallest absolute Gasteiger partial charge is 0.404 e. The molecular formula is C23H28N4O7. The third-order valence-electron chi connectivity index (χ3n) is 6.46. The second-order valence-electron chi connectivity index (χ2n) is 8.78. The van der Waals surface area contributed by atoms with E-state index in [4.69, 9.17) is 9.84 Å². The first-order valence-corrected chi connectivity index (χ1v) is 11.5. The van der Waals surface area contributed by atoms with Crippen molar-refractivity contribution < 1.29 is 33.8 Å². The average Bonchev–Trinajstić information content (AvgIpc) is 3.04. The maximum Gasteiger partial charge on any atom is 0.404 e. The fourth-order valence-electron chi connectivity index (χ4n) is 4.64. The highest BCUT2D eigenvalue weighted by molar-refractivity contribution is 6.23. The van der Waals surface area contributed by atoms with Crippen LogP contribution < -0.4 is 15.4 Å². The molecule has 11 heteroatoms. The lowest BCUT2D eigenvalue weighted by Gasteiger charge is -2.31. The van der Waals surface area contributed by atoms with Crippen molar-refractivity contribution in [2.24, 2.45) is 0 Å². The zero-order valence-corrected chi connectivity index (χ0v) is 18.7. The molecule has 5 amide bonds. The minimum atomic E-state index is -0.987. The van der Waals surface area contributed by atoms with E-state index in [-0.39, 0.29) is 30.0 Å². The molecule has 3 heterocycles. The van der Waals surface area contributed by atoms with Crippen molar-refractivity contribution in [1.29, 1.82) is 0 Å². The zero-order valence-electron chi connectivity index (χ0n) is 18.7. The number of carbonyl (C=O) groups is 5. The number of ether oxygens (including phenoxy) is 1. The molecule has 4 rings (SSSR count). The van der Waals surface area contributed by atoms with Crippen molar-refractivity contribution in [3.63, 3.8) is 0 Å². The lowest BCUT2D eigenvalue weighted by molar-refractivity contribution is -0.136. The van der Waals surface area contributed by atoms with Crippen LogP contribution in [0.5, 0.6) is 5.75 Å². The Labute approximate surface area is 196 Å². The zero-order chi connectivity index (χ0) is 24.2. The van der Waals surface area contributed by atoms with E-state index in [1.54, 1.807) is 6.07 Å². The van der Waals surface area contributed by atoms with Gasteiger partial charge in [-0.25, -0.2) is 4.79 Å². The Morgan fingerprint density at radius 3 is 2.50 bits per heavy atom. The van der Waals surface area contributed by atoms with Gasteiger partial charge in [0.1, 0.15) is 11.8 Å². The van der Waals surface area contributed by atoms with Gasteiger partial charge in [-0.3, -0.25) is 29.4 Å². The molecule has 3 N–H and O–H groups in total. The van der Waals surface area contributed by atoms with Crippen molar-refractivity contribution in [3.8, 4) is 5.75 Å². The molecule has 0 saturated carbocycles. The first-order chi connectivity index (χ1) is 16.3. The number of hydrogen-bond donors (Lipinski definition) is 3. The van der Waals surface area contributed by atoms with Gasteiger partial charge in [0.2, 0.25) is 11.8 Å². The molecule has 1 aromatic rings. The average molecular weight is 472 g/mol. The Bertz CT molecular complexity index is 1000. The van der Waals surface area contributed by atoms with Crippen molar-refractivity contribution >= 4 is 29.7 Å². The molecule has 182 valence electrons.